The van der Waals surface area contributed by atoms with Crippen LogP contribution in [0.5, 0.6) is 0 Å². The first-order chi connectivity index (χ1) is 13.6. The largest absolute Gasteiger partial charge is 0.380 e. The van der Waals surface area contributed by atoms with Crippen LogP contribution in [-0.2, 0) is 9.53 Å². The maximum atomic E-state index is 12.8. The van der Waals surface area contributed by atoms with E-state index in [2.05, 4.69) is 17.2 Å². The lowest BCUT2D eigenvalue weighted by Crippen LogP contribution is -2.41. The maximum absolute atomic E-state index is 12.8. The van der Waals surface area contributed by atoms with Crippen molar-refractivity contribution in [3.05, 3.63) is 23.9 Å². The summed E-state index contributed by atoms with van der Waals surface area (Å²) in [6.45, 7) is 6.02. The molecular weight excluding hydrogens is 356 g/mol. The Bertz CT molecular complexity index is 652. The molecule has 0 bridgehead atoms. The Kier molecular flexibility index (Phi) is 7.25. The third-order valence-corrected chi connectivity index (χ3v) is 5.86. The topological polar surface area (TPSA) is 74.8 Å². The minimum atomic E-state index is 0.0399. The van der Waals surface area contributed by atoms with Gasteiger partial charge in [0.1, 0.15) is 5.82 Å². The van der Waals surface area contributed by atoms with Crippen LogP contribution in [0.25, 0.3) is 0 Å². The van der Waals surface area contributed by atoms with Crippen LogP contribution in [-0.4, -0.2) is 72.5 Å². The fourth-order valence-corrected chi connectivity index (χ4v) is 3.95. The second-order valence-corrected chi connectivity index (χ2v) is 7.76. The van der Waals surface area contributed by atoms with Crippen molar-refractivity contribution in [1.29, 1.82) is 0 Å². The predicted octanol–water partition coefficient (Wildman–Crippen LogP) is 2.39. The molecule has 0 aromatic carbocycles. The fraction of sp³-hybridized carbons (Fsp3) is 0.667. The summed E-state index contributed by atoms with van der Waals surface area (Å²) in [5, 5.41) is 3.24. The third kappa shape index (κ3) is 5.22. The first kappa shape index (κ1) is 20.6. The molecule has 1 atom stereocenters. The molecule has 0 saturated carbocycles. The number of nitrogens with zero attached hydrogens (tertiary/aromatic N) is 3. The minimum Gasteiger partial charge on any atom is -0.380 e. The Hall–Kier alpha value is -2.15. The van der Waals surface area contributed by atoms with E-state index in [0.29, 0.717) is 24.4 Å². The Morgan fingerprint density at radius 2 is 2.11 bits per heavy atom. The molecule has 2 aliphatic heterocycles. The number of ether oxygens (including phenoxy) is 1. The zero-order valence-corrected chi connectivity index (χ0v) is 17.0. The van der Waals surface area contributed by atoms with Gasteiger partial charge in [0.15, 0.2) is 0 Å². The van der Waals surface area contributed by atoms with Crippen LogP contribution >= 0.6 is 0 Å². The van der Waals surface area contributed by atoms with E-state index in [1.165, 1.54) is 0 Å². The van der Waals surface area contributed by atoms with Gasteiger partial charge >= 0.3 is 0 Å². The van der Waals surface area contributed by atoms with Gasteiger partial charge in [-0.2, -0.15) is 0 Å². The van der Waals surface area contributed by atoms with Gasteiger partial charge in [0.05, 0.1) is 11.7 Å². The lowest BCUT2D eigenvalue weighted by Gasteiger charge is -2.34. The number of anilines is 1. The summed E-state index contributed by atoms with van der Waals surface area (Å²) in [6.07, 6.45) is 6.32. The van der Waals surface area contributed by atoms with Crippen molar-refractivity contribution >= 4 is 17.6 Å². The molecule has 0 spiro atoms. The van der Waals surface area contributed by atoms with Crippen molar-refractivity contribution in [3.8, 4) is 0 Å². The lowest BCUT2D eigenvalue weighted by atomic mass is 9.96. The third-order valence-electron chi connectivity index (χ3n) is 5.86. The fourth-order valence-electron chi connectivity index (χ4n) is 3.95. The van der Waals surface area contributed by atoms with Gasteiger partial charge in [-0.25, -0.2) is 4.98 Å². The highest BCUT2D eigenvalue weighted by Gasteiger charge is 2.28. The number of rotatable bonds is 8. The highest BCUT2D eigenvalue weighted by molar-refractivity contribution is 5.94. The number of pyridine rings is 1. The second kappa shape index (κ2) is 9.87. The van der Waals surface area contributed by atoms with Crippen molar-refractivity contribution in [1.82, 2.24) is 14.8 Å². The molecule has 7 heteroatoms. The quantitative estimate of drug-likeness (QED) is 0.740. The molecule has 1 aromatic heterocycles. The SMILES string of the molecule is CC[C@H](CNc1ccc(C(=O)N2CCC(CN3CCCC3=O)CC2)cn1)OC. The molecule has 3 heterocycles. The van der Waals surface area contributed by atoms with Gasteiger partial charge in [-0.05, 0) is 43.7 Å². The number of likely N-dealkylation sites (tertiary alicyclic amines) is 2. The van der Waals surface area contributed by atoms with E-state index in [-0.39, 0.29) is 17.9 Å². The number of nitrogens with one attached hydrogen (secondary N) is 1. The predicted molar refractivity (Wildman–Crippen MR) is 108 cm³/mol. The Labute approximate surface area is 167 Å². The average Bonchev–Trinajstić information content (AvgIpc) is 3.14. The highest BCUT2D eigenvalue weighted by atomic mass is 16.5. The number of methoxy groups -OCH3 is 1. The van der Waals surface area contributed by atoms with Gasteiger partial charge in [-0.3, -0.25) is 9.59 Å². The van der Waals surface area contributed by atoms with Gasteiger partial charge in [0.2, 0.25) is 5.91 Å². The molecule has 28 heavy (non-hydrogen) atoms. The first-order valence-corrected chi connectivity index (χ1v) is 10.4. The zero-order valence-electron chi connectivity index (χ0n) is 17.0. The van der Waals surface area contributed by atoms with E-state index in [0.717, 1.165) is 57.7 Å². The summed E-state index contributed by atoms with van der Waals surface area (Å²) in [5.74, 6) is 1.58. The summed E-state index contributed by atoms with van der Waals surface area (Å²) in [6, 6.07) is 3.68. The molecule has 3 rings (SSSR count). The molecule has 2 saturated heterocycles. The highest BCUT2D eigenvalue weighted by Crippen LogP contribution is 2.22. The minimum absolute atomic E-state index is 0.0399. The summed E-state index contributed by atoms with van der Waals surface area (Å²) in [5.41, 5.74) is 0.623. The van der Waals surface area contributed by atoms with E-state index >= 15 is 0 Å². The zero-order chi connectivity index (χ0) is 19.9. The lowest BCUT2D eigenvalue weighted by molar-refractivity contribution is -0.128. The molecule has 0 radical (unpaired) electrons. The monoisotopic (exact) mass is 388 g/mol. The van der Waals surface area contributed by atoms with Gasteiger partial charge in [0, 0.05) is 52.5 Å². The van der Waals surface area contributed by atoms with E-state index in [1.807, 2.05) is 21.9 Å². The van der Waals surface area contributed by atoms with Crippen LogP contribution in [0.2, 0.25) is 0 Å². The van der Waals surface area contributed by atoms with E-state index in [9.17, 15) is 9.59 Å². The van der Waals surface area contributed by atoms with Crippen LogP contribution in [0.15, 0.2) is 18.3 Å². The van der Waals surface area contributed by atoms with Crippen LogP contribution in [0.4, 0.5) is 5.82 Å². The Balaban J connectivity index is 1.46. The number of carbonyl (C=O) groups excluding carboxylic acids is 2. The van der Waals surface area contributed by atoms with Gasteiger partial charge in [-0.1, -0.05) is 6.92 Å². The van der Waals surface area contributed by atoms with Crippen molar-refractivity contribution in [3.63, 3.8) is 0 Å². The summed E-state index contributed by atoms with van der Waals surface area (Å²) in [4.78, 5) is 32.8. The molecule has 7 nitrogen and oxygen atoms in total. The van der Waals surface area contributed by atoms with Gasteiger partial charge < -0.3 is 19.9 Å². The number of aromatic nitrogens is 1. The Morgan fingerprint density at radius 1 is 1.32 bits per heavy atom. The van der Waals surface area contributed by atoms with Crippen LogP contribution < -0.4 is 5.32 Å². The average molecular weight is 389 g/mol. The van der Waals surface area contributed by atoms with E-state index in [1.54, 1.807) is 13.3 Å². The number of carbonyl (C=O) groups is 2. The molecule has 0 unspecified atom stereocenters. The number of hydrogen-bond donors (Lipinski definition) is 1. The van der Waals surface area contributed by atoms with Crippen molar-refractivity contribution in [2.75, 3.05) is 45.2 Å². The molecule has 2 fully saturated rings. The molecule has 2 aliphatic rings. The molecule has 0 aliphatic carbocycles. The first-order valence-electron chi connectivity index (χ1n) is 10.4. The number of amides is 2. The van der Waals surface area contributed by atoms with E-state index in [4.69, 9.17) is 4.74 Å². The smallest absolute Gasteiger partial charge is 0.255 e. The van der Waals surface area contributed by atoms with Gasteiger partial charge in [0.25, 0.3) is 5.91 Å². The summed E-state index contributed by atoms with van der Waals surface area (Å²) >= 11 is 0. The molecule has 154 valence electrons. The Morgan fingerprint density at radius 3 is 2.68 bits per heavy atom. The van der Waals surface area contributed by atoms with Crippen molar-refractivity contribution in [2.45, 2.75) is 45.1 Å². The van der Waals surface area contributed by atoms with Gasteiger partial charge in [-0.15, -0.1) is 0 Å². The van der Waals surface area contributed by atoms with Crippen LogP contribution in [0.3, 0.4) is 0 Å². The number of hydrogen-bond acceptors (Lipinski definition) is 5. The van der Waals surface area contributed by atoms with Crippen LogP contribution in [0.1, 0.15) is 49.4 Å². The molecular formula is C21H32N4O3. The van der Waals surface area contributed by atoms with E-state index < -0.39 is 0 Å². The molecule has 1 aromatic rings. The normalized spacial score (nSPS) is 19.1. The maximum Gasteiger partial charge on any atom is 0.255 e. The standard InChI is InChI=1S/C21H32N4O3/c1-3-18(28-2)14-23-19-7-6-17(13-22-19)21(27)24-11-8-16(9-12-24)15-25-10-4-5-20(25)26/h6-7,13,16,18H,3-5,8-12,14-15H2,1-2H3,(H,22,23)/t18-/m1/s1. The number of piperidine rings is 1. The van der Waals surface area contributed by atoms with Crippen LogP contribution in [0, 0.1) is 5.92 Å². The molecule has 1 N–H and O–H groups in total. The van der Waals surface area contributed by atoms with Crippen molar-refractivity contribution in [2.24, 2.45) is 5.92 Å². The molecule has 2 amide bonds. The summed E-state index contributed by atoms with van der Waals surface area (Å²) in [7, 11) is 1.71. The second-order valence-electron chi connectivity index (χ2n) is 7.76. The summed E-state index contributed by atoms with van der Waals surface area (Å²) < 4.78 is 5.35. The van der Waals surface area contributed by atoms with Crippen molar-refractivity contribution < 1.29 is 14.3 Å².